The van der Waals surface area contributed by atoms with Gasteiger partial charge in [0, 0.05) is 23.4 Å². The summed E-state index contributed by atoms with van der Waals surface area (Å²) in [5.74, 6) is 0.491. The molecule has 0 fully saturated rings. The zero-order valence-corrected chi connectivity index (χ0v) is 16.0. The number of hydrogen-bond acceptors (Lipinski definition) is 6. The lowest BCUT2D eigenvalue weighted by atomic mass is 10.1. The molecule has 0 atom stereocenters. The average molecular weight is 403 g/mol. The van der Waals surface area contributed by atoms with Crippen LogP contribution >= 0.6 is 0 Å². The molecule has 0 unspecified atom stereocenters. The van der Waals surface area contributed by atoms with Crippen molar-refractivity contribution in [1.29, 1.82) is 0 Å². The van der Waals surface area contributed by atoms with E-state index in [2.05, 4.69) is 10.3 Å². The van der Waals surface area contributed by atoms with Crippen LogP contribution in [-0.4, -0.2) is 22.4 Å². The summed E-state index contributed by atoms with van der Waals surface area (Å²) in [4.78, 5) is 27.0. The zero-order chi connectivity index (χ0) is 21.1. The highest BCUT2D eigenvalue weighted by Crippen LogP contribution is 2.30. The van der Waals surface area contributed by atoms with E-state index in [0.29, 0.717) is 22.9 Å². The molecule has 4 aromatic rings. The van der Waals surface area contributed by atoms with Crippen molar-refractivity contribution < 1.29 is 18.9 Å². The number of para-hydroxylation sites is 2. The van der Waals surface area contributed by atoms with Crippen LogP contribution in [-0.2, 0) is 4.79 Å². The maximum Gasteiger partial charge on any atom is 0.269 e. The van der Waals surface area contributed by atoms with Crippen molar-refractivity contribution in [1.82, 2.24) is 4.98 Å². The quantitative estimate of drug-likeness (QED) is 0.368. The molecule has 0 aliphatic carbocycles. The molecule has 0 spiro atoms. The molecular formula is C22H17N3O5. The van der Waals surface area contributed by atoms with Gasteiger partial charge in [-0.3, -0.25) is 14.9 Å². The lowest BCUT2D eigenvalue weighted by molar-refractivity contribution is -0.384. The van der Waals surface area contributed by atoms with Gasteiger partial charge in [-0.05, 0) is 48.9 Å². The highest BCUT2D eigenvalue weighted by molar-refractivity contribution is 5.93. The lowest BCUT2D eigenvalue weighted by Gasteiger charge is -2.11. The van der Waals surface area contributed by atoms with Crippen LogP contribution in [0.2, 0.25) is 0 Å². The molecule has 1 heterocycles. The Morgan fingerprint density at radius 2 is 1.87 bits per heavy atom. The van der Waals surface area contributed by atoms with E-state index >= 15 is 0 Å². The van der Waals surface area contributed by atoms with Gasteiger partial charge >= 0.3 is 0 Å². The summed E-state index contributed by atoms with van der Waals surface area (Å²) in [7, 11) is 0. The van der Waals surface area contributed by atoms with Gasteiger partial charge in [-0.15, -0.1) is 0 Å². The van der Waals surface area contributed by atoms with Gasteiger partial charge in [0.25, 0.3) is 11.6 Å². The molecular weight excluding hydrogens is 386 g/mol. The predicted molar refractivity (Wildman–Crippen MR) is 111 cm³/mol. The molecule has 150 valence electrons. The smallest absolute Gasteiger partial charge is 0.269 e. The first-order valence-electron chi connectivity index (χ1n) is 9.14. The van der Waals surface area contributed by atoms with Gasteiger partial charge in [0.2, 0.25) is 5.89 Å². The number of nitro groups is 1. The van der Waals surface area contributed by atoms with Gasteiger partial charge in [-0.25, -0.2) is 4.98 Å². The van der Waals surface area contributed by atoms with Crippen LogP contribution in [0.3, 0.4) is 0 Å². The molecule has 1 aromatic heterocycles. The van der Waals surface area contributed by atoms with E-state index in [-0.39, 0.29) is 18.2 Å². The fraction of sp³-hybridized carbons (Fsp3) is 0.0909. The Hall–Kier alpha value is -4.20. The summed E-state index contributed by atoms with van der Waals surface area (Å²) in [6, 6.07) is 18.5. The molecule has 4 rings (SSSR count). The number of carbonyl (C=O) groups is 1. The molecule has 0 radical (unpaired) electrons. The molecule has 0 bridgehead atoms. The van der Waals surface area contributed by atoms with Crippen molar-refractivity contribution in [3.8, 4) is 17.2 Å². The van der Waals surface area contributed by atoms with E-state index in [1.165, 1.54) is 24.3 Å². The molecule has 8 nitrogen and oxygen atoms in total. The molecule has 30 heavy (non-hydrogen) atoms. The minimum atomic E-state index is -0.497. The Kier molecular flexibility index (Phi) is 5.13. The topological polar surface area (TPSA) is 108 Å². The lowest BCUT2D eigenvalue weighted by Crippen LogP contribution is -2.20. The molecule has 8 heteroatoms. The second-order valence-electron chi connectivity index (χ2n) is 6.55. The van der Waals surface area contributed by atoms with Gasteiger partial charge in [-0.1, -0.05) is 18.2 Å². The van der Waals surface area contributed by atoms with E-state index < -0.39 is 4.92 Å². The van der Waals surface area contributed by atoms with Gasteiger partial charge in [0.15, 0.2) is 12.2 Å². The summed E-state index contributed by atoms with van der Waals surface area (Å²) >= 11 is 0. The van der Waals surface area contributed by atoms with Crippen molar-refractivity contribution in [2.24, 2.45) is 0 Å². The van der Waals surface area contributed by atoms with Crippen LogP contribution < -0.4 is 10.1 Å². The Balaban J connectivity index is 1.46. The number of fused-ring (bicyclic) bond motifs is 1. The van der Waals surface area contributed by atoms with Crippen LogP contribution in [0.25, 0.3) is 22.6 Å². The number of nitro benzene ring substituents is 1. The SMILES string of the molecule is Cc1c(NC(=O)COc2ccc([N+](=O)[O-])cc2)cccc1-c1nc2ccccc2o1. The number of amides is 1. The van der Waals surface area contributed by atoms with Crippen molar-refractivity contribution in [2.75, 3.05) is 11.9 Å². The number of anilines is 1. The Morgan fingerprint density at radius 3 is 2.60 bits per heavy atom. The maximum atomic E-state index is 12.3. The summed E-state index contributed by atoms with van der Waals surface area (Å²) in [5, 5.41) is 13.5. The molecule has 0 saturated carbocycles. The number of benzene rings is 3. The fourth-order valence-corrected chi connectivity index (χ4v) is 2.99. The number of non-ortho nitro benzene ring substituents is 1. The number of nitrogens with zero attached hydrogens (tertiary/aromatic N) is 2. The number of carbonyl (C=O) groups excluding carboxylic acids is 1. The molecule has 0 saturated heterocycles. The standard InChI is InChI=1S/C22H17N3O5/c1-14-17(22-24-19-6-2-3-8-20(19)30-22)5-4-7-18(14)23-21(26)13-29-16-11-9-15(10-12-16)25(27)28/h2-12H,13H2,1H3,(H,23,26). The molecule has 0 aliphatic rings. The number of oxazole rings is 1. The van der Waals surface area contributed by atoms with Crippen LogP contribution in [0, 0.1) is 17.0 Å². The van der Waals surface area contributed by atoms with Crippen molar-refractivity contribution in [3.05, 3.63) is 82.4 Å². The van der Waals surface area contributed by atoms with Crippen molar-refractivity contribution in [3.63, 3.8) is 0 Å². The zero-order valence-electron chi connectivity index (χ0n) is 16.0. The van der Waals surface area contributed by atoms with E-state index in [1.807, 2.05) is 43.3 Å². The highest BCUT2D eigenvalue weighted by Gasteiger charge is 2.14. The first-order valence-corrected chi connectivity index (χ1v) is 9.14. The number of hydrogen-bond donors (Lipinski definition) is 1. The largest absolute Gasteiger partial charge is 0.484 e. The van der Waals surface area contributed by atoms with E-state index in [0.717, 1.165) is 16.6 Å². The average Bonchev–Trinajstić information content (AvgIpc) is 3.18. The minimum Gasteiger partial charge on any atom is -0.484 e. The fourth-order valence-electron chi connectivity index (χ4n) is 2.99. The molecule has 0 aliphatic heterocycles. The van der Waals surface area contributed by atoms with Crippen LogP contribution in [0.15, 0.2) is 71.1 Å². The van der Waals surface area contributed by atoms with E-state index in [1.54, 1.807) is 6.07 Å². The number of rotatable bonds is 6. The van der Waals surface area contributed by atoms with Crippen molar-refractivity contribution in [2.45, 2.75) is 6.92 Å². The summed E-state index contributed by atoms with van der Waals surface area (Å²) in [6.07, 6.45) is 0. The third kappa shape index (κ3) is 3.97. The first kappa shape index (κ1) is 19.1. The maximum absolute atomic E-state index is 12.3. The number of aromatic nitrogens is 1. The minimum absolute atomic E-state index is 0.0431. The third-order valence-corrected chi connectivity index (χ3v) is 4.55. The second-order valence-corrected chi connectivity index (χ2v) is 6.55. The Bertz CT molecular complexity index is 1200. The Labute approximate surface area is 171 Å². The Morgan fingerprint density at radius 1 is 1.10 bits per heavy atom. The third-order valence-electron chi connectivity index (χ3n) is 4.55. The van der Waals surface area contributed by atoms with Gasteiger partial charge in [0.05, 0.1) is 4.92 Å². The molecule has 3 aromatic carbocycles. The van der Waals surface area contributed by atoms with Gasteiger partial charge in [0.1, 0.15) is 11.3 Å². The molecule has 1 amide bonds. The normalized spacial score (nSPS) is 10.7. The summed E-state index contributed by atoms with van der Waals surface area (Å²) in [5.41, 5.74) is 3.62. The van der Waals surface area contributed by atoms with Crippen LogP contribution in [0.1, 0.15) is 5.56 Å². The highest BCUT2D eigenvalue weighted by atomic mass is 16.6. The predicted octanol–water partition coefficient (Wildman–Crippen LogP) is 4.73. The molecule has 1 N–H and O–H groups in total. The monoisotopic (exact) mass is 403 g/mol. The van der Waals surface area contributed by atoms with Gasteiger partial charge < -0.3 is 14.5 Å². The van der Waals surface area contributed by atoms with E-state index in [4.69, 9.17) is 9.15 Å². The van der Waals surface area contributed by atoms with Crippen LogP contribution in [0.5, 0.6) is 5.75 Å². The number of ether oxygens (including phenoxy) is 1. The summed E-state index contributed by atoms with van der Waals surface area (Å²) < 4.78 is 11.2. The van der Waals surface area contributed by atoms with Gasteiger partial charge in [-0.2, -0.15) is 0 Å². The van der Waals surface area contributed by atoms with Crippen molar-refractivity contribution >= 4 is 28.4 Å². The first-order chi connectivity index (χ1) is 14.5. The number of nitrogens with one attached hydrogen (secondary N) is 1. The second kappa shape index (κ2) is 8.04. The van der Waals surface area contributed by atoms with Crippen LogP contribution in [0.4, 0.5) is 11.4 Å². The summed E-state index contributed by atoms with van der Waals surface area (Å²) in [6.45, 7) is 1.64. The van der Waals surface area contributed by atoms with E-state index in [9.17, 15) is 14.9 Å².